The molecule has 1 aliphatic rings. The maximum absolute atomic E-state index is 11.6. The fourth-order valence-corrected chi connectivity index (χ4v) is 2.02. The predicted octanol–water partition coefficient (Wildman–Crippen LogP) is 2.81. The first kappa shape index (κ1) is 11.7. The van der Waals surface area contributed by atoms with Crippen LogP contribution in [0.15, 0.2) is 24.3 Å². The summed E-state index contributed by atoms with van der Waals surface area (Å²) in [6.45, 7) is 2.56. The van der Waals surface area contributed by atoms with E-state index in [0.717, 1.165) is 5.56 Å². The summed E-state index contributed by atoms with van der Waals surface area (Å²) in [5.41, 5.74) is 2.28. The minimum Gasteiger partial charge on any atom is -0.352 e. The Morgan fingerprint density at radius 3 is 2.50 bits per heavy atom. The fourth-order valence-electron chi connectivity index (χ4n) is 1.52. The van der Waals surface area contributed by atoms with Crippen LogP contribution >= 0.6 is 23.2 Å². The summed E-state index contributed by atoms with van der Waals surface area (Å²) in [4.78, 5) is 11.6. The number of halogens is 2. The molecule has 0 spiro atoms. The summed E-state index contributed by atoms with van der Waals surface area (Å²) in [5.74, 6) is -0.313. The third-order valence-corrected chi connectivity index (χ3v) is 3.57. The van der Waals surface area contributed by atoms with Crippen LogP contribution in [0.1, 0.15) is 17.5 Å². The first-order valence-electron chi connectivity index (χ1n) is 5.20. The second kappa shape index (κ2) is 4.27. The van der Waals surface area contributed by atoms with Crippen molar-refractivity contribution in [1.82, 2.24) is 5.32 Å². The average molecular weight is 258 g/mol. The van der Waals surface area contributed by atoms with Crippen LogP contribution in [-0.4, -0.2) is 10.2 Å². The number of alkyl halides is 2. The summed E-state index contributed by atoms with van der Waals surface area (Å²) in [7, 11) is 0. The zero-order valence-corrected chi connectivity index (χ0v) is 10.5. The van der Waals surface area contributed by atoms with E-state index in [1.807, 2.05) is 31.2 Å². The zero-order valence-electron chi connectivity index (χ0n) is 8.97. The minimum atomic E-state index is -0.836. The van der Waals surface area contributed by atoms with E-state index in [4.69, 9.17) is 23.2 Å². The van der Waals surface area contributed by atoms with Crippen molar-refractivity contribution in [2.24, 2.45) is 5.92 Å². The van der Waals surface area contributed by atoms with E-state index in [0.29, 0.717) is 13.0 Å². The van der Waals surface area contributed by atoms with Gasteiger partial charge in [0.1, 0.15) is 4.33 Å². The van der Waals surface area contributed by atoms with E-state index >= 15 is 0 Å². The first-order valence-corrected chi connectivity index (χ1v) is 5.96. The maximum atomic E-state index is 11.6. The van der Waals surface area contributed by atoms with Crippen LogP contribution < -0.4 is 5.32 Å². The number of amides is 1. The van der Waals surface area contributed by atoms with Crippen LogP contribution in [0.3, 0.4) is 0 Å². The van der Waals surface area contributed by atoms with Gasteiger partial charge in [0.05, 0.1) is 5.92 Å². The molecular weight excluding hydrogens is 245 g/mol. The van der Waals surface area contributed by atoms with Crippen molar-refractivity contribution in [1.29, 1.82) is 0 Å². The number of nitrogens with one attached hydrogen (secondary N) is 1. The number of benzene rings is 1. The Hall–Kier alpha value is -0.730. The van der Waals surface area contributed by atoms with Crippen molar-refractivity contribution in [3.63, 3.8) is 0 Å². The van der Waals surface area contributed by atoms with Gasteiger partial charge in [-0.1, -0.05) is 29.8 Å². The molecule has 0 aromatic heterocycles. The number of carbonyl (C=O) groups excluding carboxylic acids is 1. The van der Waals surface area contributed by atoms with E-state index in [2.05, 4.69) is 5.32 Å². The van der Waals surface area contributed by atoms with Crippen LogP contribution in [0, 0.1) is 12.8 Å². The standard InChI is InChI=1S/C12H13Cl2NO/c1-8-2-4-9(5-3-8)7-15-11(16)10-6-12(10,13)14/h2-5,10H,6-7H2,1H3,(H,15,16)/t10-/m0/s1. The summed E-state index contributed by atoms with van der Waals surface area (Å²) in [6.07, 6.45) is 0.551. The highest BCUT2D eigenvalue weighted by Gasteiger charge is 2.56. The molecule has 1 fully saturated rings. The quantitative estimate of drug-likeness (QED) is 0.830. The average Bonchev–Trinajstić information content (AvgIpc) is 2.87. The van der Waals surface area contributed by atoms with Gasteiger partial charge in [0.2, 0.25) is 5.91 Å². The third-order valence-electron chi connectivity index (χ3n) is 2.73. The second-order valence-corrected chi connectivity index (χ2v) is 5.76. The fraction of sp³-hybridized carbons (Fsp3) is 0.417. The van der Waals surface area contributed by atoms with Crippen molar-refractivity contribution >= 4 is 29.1 Å². The van der Waals surface area contributed by atoms with E-state index in [9.17, 15) is 4.79 Å². The predicted molar refractivity (Wildman–Crippen MR) is 65.6 cm³/mol. The molecule has 1 aliphatic carbocycles. The second-order valence-electron chi connectivity index (χ2n) is 4.22. The summed E-state index contributed by atoms with van der Waals surface area (Å²) >= 11 is 11.6. The van der Waals surface area contributed by atoms with Gasteiger partial charge in [0.25, 0.3) is 0 Å². The lowest BCUT2D eigenvalue weighted by Gasteiger charge is -2.05. The van der Waals surface area contributed by atoms with E-state index in [-0.39, 0.29) is 11.8 Å². The van der Waals surface area contributed by atoms with Gasteiger partial charge in [0, 0.05) is 6.54 Å². The van der Waals surface area contributed by atoms with E-state index in [1.54, 1.807) is 0 Å². The number of carbonyl (C=O) groups is 1. The highest BCUT2D eigenvalue weighted by atomic mass is 35.5. The smallest absolute Gasteiger partial charge is 0.226 e. The van der Waals surface area contributed by atoms with Crippen LogP contribution in [-0.2, 0) is 11.3 Å². The molecule has 2 nitrogen and oxygen atoms in total. The molecular formula is C12H13Cl2NO. The van der Waals surface area contributed by atoms with Gasteiger partial charge in [-0.25, -0.2) is 0 Å². The SMILES string of the molecule is Cc1ccc(CNC(=O)[C@@H]2CC2(Cl)Cl)cc1. The maximum Gasteiger partial charge on any atom is 0.226 e. The molecule has 1 aromatic rings. The van der Waals surface area contributed by atoms with Gasteiger partial charge >= 0.3 is 0 Å². The van der Waals surface area contributed by atoms with E-state index < -0.39 is 4.33 Å². The van der Waals surface area contributed by atoms with Gasteiger partial charge in [-0.05, 0) is 18.9 Å². The topological polar surface area (TPSA) is 29.1 Å². The Balaban J connectivity index is 1.84. The van der Waals surface area contributed by atoms with Gasteiger partial charge in [-0.15, -0.1) is 23.2 Å². The molecule has 1 saturated carbocycles. The van der Waals surface area contributed by atoms with Crippen molar-refractivity contribution < 1.29 is 4.79 Å². The molecule has 0 radical (unpaired) electrons. The molecule has 0 heterocycles. The molecule has 0 aliphatic heterocycles. The summed E-state index contributed by atoms with van der Waals surface area (Å²) in [5, 5.41) is 2.83. The molecule has 1 aromatic carbocycles. The summed E-state index contributed by atoms with van der Waals surface area (Å²) < 4.78 is -0.836. The molecule has 0 bridgehead atoms. The molecule has 1 atom stereocenters. The Morgan fingerprint density at radius 1 is 1.44 bits per heavy atom. The lowest BCUT2D eigenvalue weighted by molar-refractivity contribution is -0.122. The third kappa shape index (κ3) is 2.69. The Morgan fingerprint density at radius 2 is 2.00 bits per heavy atom. The molecule has 16 heavy (non-hydrogen) atoms. The molecule has 1 amide bonds. The van der Waals surface area contributed by atoms with Gasteiger partial charge < -0.3 is 5.32 Å². The number of rotatable bonds is 3. The largest absolute Gasteiger partial charge is 0.352 e. The van der Waals surface area contributed by atoms with Crippen LogP contribution in [0.25, 0.3) is 0 Å². The zero-order chi connectivity index (χ0) is 11.8. The Kier molecular flexibility index (Phi) is 3.13. The van der Waals surface area contributed by atoms with Crippen molar-refractivity contribution in [3.8, 4) is 0 Å². The first-order chi connectivity index (χ1) is 7.49. The summed E-state index contributed by atoms with van der Waals surface area (Å²) in [6, 6.07) is 8.03. The minimum absolute atomic E-state index is 0.0643. The van der Waals surface area contributed by atoms with Crippen LogP contribution in [0.4, 0.5) is 0 Å². The molecule has 0 unspecified atom stereocenters. The number of aryl methyl sites for hydroxylation is 1. The van der Waals surface area contributed by atoms with E-state index in [1.165, 1.54) is 5.56 Å². The van der Waals surface area contributed by atoms with Gasteiger partial charge in [0.15, 0.2) is 0 Å². The highest BCUT2D eigenvalue weighted by Crippen LogP contribution is 2.53. The lowest BCUT2D eigenvalue weighted by atomic mass is 10.1. The van der Waals surface area contributed by atoms with Crippen molar-refractivity contribution in [2.45, 2.75) is 24.2 Å². The molecule has 0 saturated heterocycles. The van der Waals surface area contributed by atoms with Gasteiger partial charge in [-0.3, -0.25) is 4.79 Å². The van der Waals surface area contributed by atoms with Gasteiger partial charge in [-0.2, -0.15) is 0 Å². The molecule has 4 heteroatoms. The number of hydrogen-bond acceptors (Lipinski definition) is 1. The van der Waals surface area contributed by atoms with Crippen molar-refractivity contribution in [2.75, 3.05) is 0 Å². The monoisotopic (exact) mass is 257 g/mol. The lowest BCUT2D eigenvalue weighted by Crippen LogP contribution is -2.26. The number of hydrogen-bond donors (Lipinski definition) is 1. The Bertz CT molecular complexity index is 400. The molecule has 2 rings (SSSR count). The molecule has 1 N–H and O–H groups in total. The van der Waals surface area contributed by atoms with Crippen molar-refractivity contribution in [3.05, 3.63) is 35.4 Å². The van der Waals surface area contributed by atoms with Crippen LogP contribution in [0.5, 0.6) is 0 Å². The molecule has 86 valence electrons. The normalized spacial score (nSPS) is 21.6. The Labute approximate surface area is 105 Å². The van der Waals surface area contributed by atoms with Crippen LogP contribution in [0.2, 0.25) is 0 Å². The highest BCUT2D eigenvalue weighted by molar-refractivity contribution is 6.52.